The molecule has 0 atom stereocenters. The molecule has 0 unspecified atom stereocenters. The lowest BCUT2D eigenvalue weighted by molar-refractivity contribution is 0.213. The van der Waals surface area contributed by atoms with Gasteiger partial charge < -0.3 is 10.4 Å². The molecule has 4 heterocycles. The Hall–Kier alpha value is -2.42. The number of thiophene rings is 1. The number of para-hydroxylation sites is 1. The number of aromatic nitrogens is 3. The fourth-order valence-corrected chi connectivity index (χ4v) is 5.03. The van der Waals surface area contributed by atoms with Gasteiger partial charge in [-0.05, 0) is 52.4 Å². The summed E-state index contributed by atoms with van der Waals surface area (Å²) in [6.45, 7) is 3.17. The third-order valence-corrected chi connectivity index (χ3v) is 6.93. The van der Waals surface area contributed by atoms with Crippen molar-refractivity contribution in [2.45, 2.75) is 25.4 Å². The number of phenols is 1. The van der Waals surface area contributed by atoms with E-state index in [1.165, 1.54) is 4.88 Å². The Morgan fingerprint density at radius 1 is 1.17 bits per heavy atom. The predicted molar refractivity (Wildman–Crippen MR) is 124 cm³/mol. The van der Waals surface area contributed by atoms with E-state index in [1.807, 2.05) is 40.1 Å². The standard InChI is InChI=1S/C22H22BrN5OS/c23-18-13-24-28-21(12-19(26-22(18)28)17-5-1-2-6-20(17)29)25-15-7-9-27(10-8-15)14-16-4-3-11-30-16/h1-6,11-13,15,25,29H,7-10,14H2. The van der Waals surface area contributed by atoms with Crippen molar-refractivity contribution in [3.63, 3.8) is 0 Å². The van der Waals surface area contributed by atoms with Crippen LogP contribution >= 0.6 is 27.3 Å². The molecule has 0 spiro atoms. The van der Waals surface area contributed by atoms with Gasteiger partial charge in [-0.25, -0.2) is 4.98 Å². The number of anilines is 1. The summed E-state index contributed by atoms with van der Waals surface area (Å²) in [7, 11) is 0. The van der Waals surface area contributed by atoms with Gasteiger partial charge in [-0.2, -0.15) is 9.61 Å². The highest BCUT2D eigenvalue weighted by atomic mass is 79.9. The number of hydrogen-bond acceptors (Lipinski definition) is 6. The lowest BCUT2D eigenvalue weighted by Crippen LogP contribution is -2.38. The van der Waals surface area contributed by atoms with Crippen LogP contribution in [-0.2, 0) is 6.54 Å². The minimum absolute atomic E-state index is 0.220. The Morgan fingerprint density at radius 2 is 2.00 bits per heavy atom. The van der Waals surface area contributed by atoms with Gasteiger partial charge in [-0.15, -0.1) is 11.3 Å². The number of fused-ring (bicyclic) bond motifs is 1. The summed E-state index contributed by atoms with van der Waals surface area (Å²) in [5, 5.41) is 20.6. The number of benzene rings is 1. The van der Waals surface area contributed by atoms with Crippen LogP contribution in [0.5, 0.6) is 5.75 Å². The molecule has 0 amide bonds. The molecule has 1 saturated heterocycles. The monoisotopic (exact) mass is 483 g/mol. The van der Waals surface area contributed by atoms with E-state index in [9.17, 15) is 5.11 Å². The molecule has 2 N–H and O–H groups in total. The van der Waals surface area contributed by atoms with Crippen LogP contribution < -0.4 is 5.32 Å². The molecular formula is C22H22BrN5OS. The molecule has 1 fully saturated rings. The summed E-state index contributed by atoms with van der Waals surface area (Å²) in [6, 6.07) is 14.0. The highest BCUT2D eigenvalue weighted by molar-refractivity contribution is 9.10. The molecular weight excluding hydrogens is 462 g/mol. The van der Waals surface area contributed by atoms with Crippen molar-refractivity contribution in [2.24, 2.45) is 0 Å². The van der Waals surface area contributed by atoms with Gasteiger partial charge in [0.2, 0.25) is 0 Å². The normalized spacial score (nSPS) is 15.6. The summed E-state index contributed by atoms with van der Waals surface area (Å²) in [5.41, 5.74) is 2.16. The fourth-order valence-electron chi connectivity index (χ4n) is 3.93. The van der Waals surface area contributed by atoms with E-state index in [2.05, 4.69) is 48.8 Å². The first kappa shape index (κ1) is 19.5. The maximum atomic E-state index is 10.3. The molecule has 0 bridgehead atoms. The van der Waals surface area contributed by atoms with E-state index >= 15 is 0 Å². The van der Waals surface area contributed by atoms with Crippen molar-refractivity contribution < 1.29 is 5.11 Å². The van der Waals surface area contributed by atoms with Crippen LogP contribution in [0.15, 0.2) is 58.5 Å². The molecule has 30 heavy (non-hydrogen) atoms. The molecule has 8 heteroatoms. The third kappa shape index (κ3) is 3.95. The Balaban J connectivity index is 1.37. The van der Waals surface area contributed by atoms with Crippen molar-refractivity contribution in [1.29, 1.82) is 0 Å². The molecule has 0 radical (unpaired) electrons. The second-order valence-electron chi connectivity index (χ2n) is 7.55. The summed E-state index contributed by atoms with van der Waals surface area (Å²) in [5.74, 6) is 1.11. The SMILES string of the molecule is Oc1ccccc1-c1cc(NC2CCN(Cc3cccs3)CC2)n2ncc(Br)c2n1. The molecule has 0 saturated carbocycles. The maximum Gasteiger partial charge on any atom is 0.172 e. The largest absolute Gasteiger partial charge is 0.507 e. The van der Waals surface area contributed by atoms with E-state index in [-0.39, 0.29) is 5.75 Å². The smallest absolute Gasteiger partial charge is 0.172 e. The Bertz CT molecular complexity index is 1150. The van der Waals surface area contributed by atoms with Crippen molar-refractivity contribution in [3.8, 4) is 17.0 Å². The van der Waals surface area contributed by atoms with Gasteiger partial charge in [0.05, 0.1) is 16.4 Å². The molecule has 1 aliphatic heterocycles. The number of hydrogen-bond donors (Lipinski definition) is 2. The molecule has 4 aromatic rings. The van der Waals surface area contributed by atoms with E-state index in [0.29, 0.717) is 11.6 Å². The number of rotatable bonds is 5. The summed E-state index contributed by atoms with van der Waals surface area (Å²) < 4.78 is 2.65. The Labute approximate surface area is 187 Å². The number of nitrogens with zero attached hydrogens (tertiary/aromatic N) is 4. The van der Waals surface area contributed by atoms with Gasteiger partial charge in [0, 0.05) is 42.2 Å². The van der Waals surface area contributed by atoms with Gasteiger partial charge in [0.1, 0.15) is 11.6 Å². The highest BCUT2D eigenvalue weighted by Gasteiger charge is 2.21. The quantitative estimate of drug-likeness (QED) is 0.417. The lowest BCUT2D eigenvalue weighted by Gasteiger charge is -2.32. The lowest BCUT2D eigenvalue weighted by atomic mass is 10.0. The molecule has 1 aliphatic rings. The van der Waals surface area contributed by atoms with Crippen LogP contribution in [0, 0.1) is 0 Å². The first-order valence-electron chi connectivity index (χ1n) is 10.0. The van der Waals surface area contributed by atoms with E-state index in [1.54, 1.807) is 12.3 Å². The number of nitrogens with one attached hydrogen (secondary N) is 1. The first-order valence-corrected chi connectivity index (χ1v) is 11.7. The van der Waals surface area contributed by atoms with Crippen LogP contribution in [0.3, 0.4) is 0 Å². The van der Waals surface area contributed by atoms with Crippen LogP contribution in [-0.4, -0.2) is 43.7 Å². The topological polar surface area (TPSA) is 65.7 Å². The van der Waals surface area contributed by atoms with Gasteiger partial charge in [-0.1, -0.05) is 18.2 Å². The Kier molecular flexibility index (Phi) is 5.45. The van der Waals surface area contributed by atoms with Gasteiger partial charge >= 0.3 is 0 Å². The molecule has 5 rings (SSSR count). The van der Waals surface area contributed by atoms with Crippen LogP contribution in [0.25, 0.3) is 16.9 Å². The van der Waals surface area contributed by atoms with Crippen molar-refractivity contribution in [3.05, 3.63) is 63.4 Å². The Morgan fingerprint density at radius 3 is 2.77 bits per heavy atom. The summed E-state index contributed by atoms with van der Waals surface area (Å²) in [6.07, 6.45) is 3.90. The number of phenolic OH excluding ortho intramolecular Hbond substituents is 1. The van der Waals surface area contributed by atoms with Gasteiger partial charge in [0.15, 0.2) is 5.65 Å². The number of halogens is 1. The second-order valence-corrected chi connectivity index (χ2v) is 9.43. The van der Waals surface area contributed by atoms with E-state index in [4.69, 9.17) is 4.98 Å². The van der Waals surface area contributed by atoms with E-state index < -0.39 is 0 Å². The van der Waals surface area contributed by atoms with Gasteiger partial charge in [-0.3, -0.25) is 4.90 Å². The molecule has 154 valence electrons. The zero-order valence-electron chi connectivity index (χ0n) is 16.3. The second kappa shape index (κ2) is 8.37. The number of likely N-dealkylation sites (tertiary alicyclic amines) is 1. The fraction of sp³-hybridized carbons (Fsp3) is 0.273. The van der Waals surface area contributed by atoms with Crippen LogP contribution in [0.4, 0.5) is 5.82 Å². The molecule has 6 nitrogen and oxygen atoms in total. The summed E-state index contributed by atoms with van der Waals surface area (Å²) in [4.78, 5) is 8.66. The van der Waals surface area contributed by atoms with Crippen molar-refractivity contribution in [2.75, 3.05) is 18.4 Å². The molecule has 0 aliphatic carbocycles. The van der Waals surface area contributed by atoms with Crippen LogP contribution in [0.2, 0.25) is 0 Å². The molecule has 3 aromatic heterocycles. The zero-order valence-corrected chi connectivity index (χ0v) is 18.7. The predicted octanol–water partition coefficient (Wildman–Crippen LogP) is 5.00. The maximum absolute atomic E-state index is 10.3. The van der Waals surface area contributed by atoms with Gasteiger partial charge in [0.25, 0.3) is 0 Å². The minimum atomic E-state index is 0.220. The average molecular weight is 484 g/mol. The molecule has 1 aromatic carbocycles. The number of piperidine rings is 1. The third-order valence-electron chi connectivity index (χ3n) is 5.51. The number of aromatic hydroxyl groups is 1. The zero-order chi connectivity index (χ0) is 20.5. The van der Waals surface area contributed by atoms with Crippen LogP contribution in [0.1, 0.15) is 17.7 Å². The van der Waals surface area contributed by atoms with Crippen molar-refractivity contribution in [1.82, 2.24) is 19.5 Å². The highest BCUT2D eigenvalue weighted by Crippen LogP contribution is 2.31. The summed E-state index contributed by atoms with van der Waals surface area (Å²) >= 11 is 5.37. The van der Waals surface area contributed by atoms with Crippen molar-refractivity contribution >= 4 is 38.7 Å². The first-order chi connectivity index (χ1) is 14.7. The van der Waals surface area contributed by atoms with E-state index in [0.717, 1.165) is 54.1 Å². The average Bonchev–Trinajstić information content (AvgIpc) is 3.40. The minimum Gasteiger partial charge on any atom is -0.507 e.